The number of ether oxygens (including phenoxy) is 1. The maximum Gasteiger partial charge on any atom is 0.295 e. The third-order valence-electron chi connectivity index (χ3n) is 1.77. The number of carbonyl (C=O) groups excluding carboxylic acids is 1. The van der Waals surface area contributed by atoms with Crippen LogP contribution in [0.15, 0.2) is 0 Å². The number of carbonyl (C=O) groups is 1. The fourth-order valence-electron chi connectivity index (χ4n) is 0.844. The first kappa shape index (κ1) is 14.2. The molecule has 0 amide bonds. The fraction of sp³-hybridized carbons (Fsp3) is 0.857. The first-order valence-electron chi connectivity index (χ1n) is 4.06. The second-order valence-electron chi connectivity index (χ2n) is 2.84. The molecule has 15 heavy (non-hydrogen) atoms. The number of rotatable bonds is 7. The van der Waals surface area contributed by atoms with Crippen LogP contribution in [0.2, 0.25) is 0 Å². The molecule has 0 aromatic carbocycles. The third-order valence-corrected chi connectivity index (χ3v) is 1.77. The van der Waals surface area contributed by atoms with E-state index in [1.165, 1.54) is 0 Å². The van der Waals surface area contributed by atoms with Gasteiger partial charge in [0.2, 0.25) is 6.29 Å². The molecule has 6 N–H and O–H groups in total. The van der Waals surface area contributed by atoms with Gasteiger partial charge < -0.3 is 35.4 Å². The van der Waals surface area contributed by atoms with E-state index in [1.54, 1.807) is 0 Å². The average molecular weight is 226 g/mol. The van der Waals surface area contributed by atoms with Crippen molar-refractivity contribution in [1.82, 2.24) is 0 Å². The molecule has 0 aliphatic carbocycles. The van der Waals surface area contributed by atoms with Gasteiger partial charge in [-0.2, -0.15) is 0 Å². The van der Waals surface area contributed by atoms with Gasteiger partial charge in [0.15, 0.2) is 0 Å². The van der Waals surface area contributed by atoms with Crippen LogP contribution >= 0.6 is 0 Å². The Kier molecular flexibility index (Phi) is 6.32. The van der Waals surface area contributed by atoms with Crippen molar-refractivity contribution in [2.45, 2.75) is 30.7 Å². The van der Waals surface area contributed by atoms with E-state index in [9.17, 15) is 4.79 Å². The zero-order valence-corrected chi connectivity index (χ0v) is 7.67. The Morgan fingerprint density at radius 3 is 1.93 bits per heavy atom. The van der Waals surface area contributed by atoms with Gasteiger partial charge in [-0.25, -0.2) is 0 Å². The molecule has 0 aliphatic heterocycles. The van der Waals surface area contributed by atoms with Gasteiger partial charge in [-0.3, -0.25) is 4.79 Å². The standard InChI is InChI=1S/C7H14O8/c8-1-3(10)4(11)5(12)6(13)7(14)15-2-9/h2-8,10-14H,1H2/t3-,4-,5+,6+,7?/m1/s1. The van der Waals surface area contributed by atoms with Gasteiger partial charge in [-0.05, 0) is 0 Å². The highest BCUT2D eigenvalue weighted by Gasteiger charge is 2.34. The highest BCUT2D eigenvalue weighted by molar-refractivity contribution is 5.37. The maximum atomic E-state index is 9.78. The van der Waals surface area contributed by atoms with E-state index in [0.717, 1.165) is 0 Å². The molecule has 8 heteroatoms. The van der Waals surface area contributed by atoms with Crippen LogP contribution in [0.1, 0.15) is 0 Å². The van der Waals surface area contributed by atoms with Crippen molar-refractivity contribution < 1.29 is 40.2 Å². The molecule has 0 saturated carbocycles. The van der Waals surface area contributed by atoms with E-state index >= 15 is 0 Å². The van der Waals surface area contributed by atoms with Crippen LogP contribution in [0.25, 0.3) is 0 Å². The molecule has 8 nitrogen and oxygen atoms in total. The van der Waals surface area contributed by atoms with Crippen LogP contribution < -0.4 is 0 Å². The molecule has 0 fully saturated rings. The monoisotopic (exact) mass is 226 g/mol. The number of hydrogen-bond donors (Lipinski definition) is 6. The fourth-order valence-corrected chi connectivity index (χ4v) is 0.844. The minimum atomic E-state index is -2.03. The van der Waals surface area contributed by atoms with Crippen molar-refractivity contribution >= 4 is 6.47 Å². The molecule has 1 unspecified atom stereocenters. The van der Waals surface area contributed by atoms with Crippen LogP contribution in [0.5, 0.6) is 0 Å². The zero-order valence-electron chi connectivity index (χ0n) is 7.67. The molecule has 0 rings (SSSR count). The van der Waals surface area contributed by atoms with E-state index < -0.39 is 37.3 Å². The summed E-state index contributed by atoms with van der Waals surface area (Å²) in [7, 11) is 0. The van der Waals surface area contributed by atoms with Crippen molar-refractivity contribution in [3.8, 4) is 0 Å². The zero-order chi connectivity index (χ0) is 12.0. The van der Waals surface area contributed by atoms with Gasteiger partial charge in [0.25, 0.3) is 6.47 Å². The van der Waals surface area contributed by atoms with Gasteiger partial charge >= 0.3 is 0 Å². The molecule has 0 spiro atoms. The summed E-state index contributed by atoms with van der Waals surface area (Å²) < 4.78 is 3.90. The summed E-state index contributed by atoms with van der Waals surface area (Å²) in [4.78, 5) is 9.78. The molecule has 90 valence electrons. The minimum absolute atomic E-state index is 0.157. The lowest BCUT2D eigenvalue weighted by Gasteiger charge is -2.27. The first-order valence-corrected chi connectivity index (χ1v) is 4.06. The maximum absolute atomic E-state index is 9.78. The molecule has 0 aromatic rings. The Morgan fingerprint density at radius 2 is 1.53 bits per heavy atom. The molecular weight excluding hydrogens is 212 g/mol. The molecular formula is C7H14O8. The third kappa shape index (κ3) is 4.08. The van der Waals surface area contributed by atoms with Crippen LogP contribution in [0.4, 0.5) is 0 Å². The lowest BCUT2D eigenvalue weighted by molar-refractivity contribution is -0.205. The van der Waals surface area contributed by atoms with Crippen LogP contribution in [0, 0.1) is 0 Å². The van der Waals surface area contributed by atoms with Crippen molar-refractivity contribution in [2.24, 2.45) is 0 Å². The highest BCUT2D eigenvalue weighted by Crippen LogP contribution is 2.08. The van der Waals surface area contributed by atoms with Gasteiger partial charge in [-0.1, -0.05) is 0 Å². The van der Waals surface area contributed by atoms with E-state index in [4.69, 9.17) is 30.6 Å². The number of hydrogen-bond acceptors (Lipinski definition) is 8. The normalized spacial score (nSPS) is 21.2. The van der Waals surface area contributed by atoms with Crippen LogP contribution in [0.3, 0.4) is 0 Å². The predicted molar refractivity (Wildman–Crippen MR) is 44.3 cm³/mol. The smallest absolute Gasteiger partial charge is 0.295 e. The van der Waals surface area contributed by atoms with E-state index in [2.05, 4.69) is 4.74 Å². The first-order chi connectivity index (χ1) is 6.95. The van der Waals surface area contributed by atoms with Gasteiger partial charge in [0.1, 0.15) is 24.4 Å². The average Bonchev–Trinajstić information content (AvgIpc) is 2.25. The van der Waals surface area contributed by atoms with Crippen molar-refractivity contribution in [1.29, 1.82) is 0 Å². The topological polar surface area (TPSA) is 148 Å². The molecule has 0 bridgehead atoms. The van der Waals surface area contributed by atoms with Crippen LogP contribution in [-0.4, -0.2) is 74.4 Å². The van der Waals surface area contributed by atoms with Gasteiger partial charge in [0, 0.05) is 0 Å². The second kappa shape index (κ2) is 6.67. The summed E-state index contributed by atoms with van der Waals surface area (Å²) in [5.41, 5.74) is 0. The van der Waals surface area contributed by atoms with Crippen molar-refractivity contribution in [3.63, 3.8) is 0 Å². The summed E-state index contributed by atoms with van der Waals surface area (Å²) in [6, 6.07) is 0. The molecule has 5 atom stereocenters. The van der Waals surface area contributed by atoms with Crippen molar-refractivity contribution in [2.75, 3.05) is 6.61 Å². The molecule has 0 aliphatic rings. The lowest BCUT2D eigenvalue weighted by Crippen LogP contribution is -2.50. The molecule has 0 radical (unpaired) electrons. The molecule has 0 saturated heterocycles. The quantitative estimate of drug-likeness (QED) is 0.189. The summed E-state index contributed by atoms with van der Waals surface area (Å²) in [6.45, 7) is -0.995. The van der Waals surface area contributed by atoms with E-state index in [0.29, 0.717) is 0 Å². The lowest BCUT2D eigenvalue weighted by atomic mass is 10.0. The Labute approximate surface area is 85.0 Å². The van der Waals surface area contributed by atoms with Crippen molar-refractivity contribution in [3.05, 3.63) is 0 Å². The van der Waals surface area contributed by atoms with E-state index in [-0.39, 0.29) is 6.47 Å². The Hall–Kier alpha value is -0.770. The predicted octanol–water partition coefficient (Wildman–Crippen LogP) is -4.09. The highest BCUT2D eigenvalue weighted by atomic mass is 16.6. The Bertz CT molecular complexity index is 186. The SMILES string of the molecule is O=COC(O)[C@@H](O)[C@@H](O)[C@H](O)[C@H](O)CO. The molecule has 0 heterocycles. The Morgan fingerprint density at radius 1 is 1.00 bits per heavy atom. The summed E-state index contributed by atoms with van der Waals surface area (Å²) in [5, 5.41) is 53.5. The van der Waals surface area contributed by atoms with Gasteiger partial charge in [0.05, 0.1) is 6.61 Å². The Balaban J connectivity index is 4.28. The van der Waals surface area contributed by atoms with Gasteiger partial charge in [-0.15, -0.1) is 0 Å². The van der Waals surface area contributed by atoms with E-state index in [1.807, 2.05) is 0 Å². The summed E-state index contributed by atoms with van der Waals surface area (Å²) in [6.07, 6.45) is -9.56. The molecule has 0 aromatic heterocycles. The summed E-state index contributed by atoms with van der Waals surface area (Å²) >= 11 is 0. The number of aliphatic hydroxyl groups excluding tert-OH is 6. The summed E-state index contributed by atoms with van der Waals surface area (Å²) in [5.74, 6) is 0. The van der Waals surface area contributed by atoms with Crippen LogP contribution in [-0.2, 0) is 9.53 Å². The minimum Gasteiger partial charge on any atom is -0.435 e. The second-order valence-corrected chi connectivity index (χ2v) is 2.84. The largest absolute Gasteiger partial charge is 0.435 e. The number of aliphatic hydroxyl groups is 6.